The average molecular weight is 333 g/mol. The van der Waals surface area contributed by atoms with Gasteiger partial charge in [-0.25, -0.2) is 4.39 Å². The van der Waals surface area contributed by atoms with Crippen LogP contribution in [0.4, 0.5) is 4.39 Å². The number of fused-ring (bicyclic) bond motifs is 1. The van der Waals surface area contributed by atoms with E-state index in [1.807, 2.05) is 17.0 Å². The van der Waals surface area contributed by atoms with E-state index in [4.69, 9.17) is 4.74 Å². The molecule has 0 aliphatic carbocycles. The van der Waals surface area contributed by atoms with Gasteiger partial charge in [-0.2, -0.15) is 0 Å². The predicted octanol–water partition coefficient (Wildman–Crippen LogP) is 4.11. The van der Waals surface area contributed by atoms with E-state index in [9.17, 15) is 9.18 Å². The minimum absolute atomic E-state index is 0.0411. The molecule has 24 heavy (non-hydrogen) atoms. The Kier molecular flexibility index (Phi) is 4.95. The maximum absolute atomic E-state index is 13.2. The van der Waals surface area contributed by atoms with Crippen molar-refractivity contribution < 1.29 is 13.9 Å². The number of unbranched alkanes of at least 4 members (excludes halogenated alkanes) is 1. The van der Waals surface area contributed by atoms with Gasteiger partial charge in [-0.1, -0.05) is 45.7 Å². The molecule has 0 N–H and O–H groups in total. The highest BCUT2D eigenvalue weighted by atomic mass is 19.1. The van der Waals surface area contributed by atoms with Crippen molar-refractivity contribution in [2.75, 3.05) is 13.1 Å². The Hall–Kier alpha value is -1.42. The van der Waals surface area contributed by atoms with Crippen LogP contribution in [0, 0.1) is 17.7 Å². The molecule has 3 rings (SSSR count). The van der Waals surface area contributed by atoms with E-state index in [2.05, 4.69) is 20.8 Å². The molecule has 1 aromatic carbocycles. The molecule has 2 heterocycles. The van der Waals surface area contributed by atoms with Crippen molar-refractivity contribution in [3.8, 4) is 0 Å². The number of rotatable bonds is 6. The summed E-state index contributed by atoms with van der Waals surface area (Å²) in [6.07, 6.45) is 4.15. The number of likely N-dealkylation sites (tertiary alicyclic amines) is 1. The van der Waals surface area contributed by atoms with Crippen LogP contribution in [0.2, 0.25) is 0 Å². The maximum atomic E-state index is 13.2. The number of epoxide rings is 1. The van der Waals surface area contributed by atoms with Gasteiger partial charge >= 0.3 is 0 Å². The number of carbonyl (C=O) groups is 1. The van der Waals surface area contributed by atoms with Gasteiger partial charge in [0.15, 0.2) is 0 Å². The fourth-order valence-corrected chi connectivity index (χ4v) is 4.19. The Balaban J connectivity index is 1.69. The van der Waals surface area contributed by atoms with E-state index in [1.54, 1.807) is 0 Å². The molecule has 2 fully saturated rings. The lowest BCUT2D eigenvalue weighted by molar-refractivity contribution is -0.137. The zero-order chi connectivity index (χ0) is 17.3. The Morgan fingerprint density at radius 2 is 2.04 bits per heavy atom. The van der Waals surface area contributed by atoms with Gasteiger partial charge in [0.2, 0.25) is 5.91 Å². The van der Waals surface area contributed by atoms with Crippen molar-refractivity contribution in [3.05, 3.63) is 35.6 Å². The molecule has 0 saturated carbocycles. The van der Waals surface area contributed by atoms with E-state index in [0.717, 1.165) is 37.8 Å². The lowest BCUT2D eigenvalue weighted by Gasteiger charge is -2.35. The number of ether oxygens (including phenoxy) is 1. The molecule has 4 heteroatoms. The van der Waals surface area contributed by atoms with Crippen LogP contribution in [-0.2, 0) is 15.1 Å². The third-order valence-electron chi connectivity index (χ3n) is 5.73. The quantitative estimate of drug-likeness (QED) is 0.734. The first-order valence-electron chi connectivity index (χ1n) is 9.25. The van der Waals surface area contributed by atoms with Gasteiger partial charge in [0.1, 0.15) is 17.5 Å². The number of hydrogen-bond acceptors (Lipinski definition) is 2. The highest BCUT2D eigenvalue weighted by Crippen LogP contribution is 2.55. The van der Waals surface area contributed by atoms with Crippen LogP contribution in [0.3, 0.4) is 0 Å². The molecule has 3 nitrogen and oxygen atoms in total. The minimum atomic E-state index is -0.324. The Morgan fingerprint density at radius 1 is 1.33 bits per heavy atom. The fourth-order valence-electron chi connectivity index (χ4n) is 4.19. The molecule has 4 atom stereocenters. The Bertz CT molecular complexity index is 588. The molecule has 4 unspecified atom stereocenters. The zero-order valence-electron chi connectivity index (χ0n) is 14.9. The fraction of sp³-hybridized carbons (Fsp3) is 0.650. The summed E-state index contributed by atoms with van der Waals surface area (Å²) < 4.78 is 19.3. The number of halogens is 1. The summed E-state index contributed by atoms with van der Waals surface area (Å²) in [5.74, 6) is 0.402. The predicted molar refractivity (Wildman–Crippen MR) is 92.0 cm³/mol. The van der Waals surface area contributed by atoms with Crippen molar-refractivity contribution in [3.63, 3.8) is 0 Å². The van der Waals surface area contributed by atoms with Gasteiger partial charge < -0.3 is 9.64 Å². The summed E-state index contributed by atoms with van der Waals surface area (Å²) in [5.41, 5.74) is 0.710. The molecule has 0 bridgehead atoms. The maximum Gasteiger partial charge on any atom is 0.225 e. The summed E-state index contributed by atoms with van der Waals surface area (Å²) in [6, 6.07) is 6.62. The van der Waals surface area contributed by atoms with Crippen LogP contribution in [-0.4, -0.2) is 30.0 Å². The van der Waals surface area contributed by atoms with E-state index in [1.165, 1.54) is 12.1 Å². The van der Waals surface area contributed by atoms with E-state index in [-0.39, 0.29) is 35.3 Å². The van der Waals surface area contributed by atoms with Crippen molar-refractivity contribution >= 4 is 5.91 Å². The number of nitrogens with zero attached hydrogens (tertiary/aromatic N) is 1. The molecule has 0 spiro atoms. The average Bonchev–Trinajstić information content (AvgIpc) is 3.32. The van der Waals surface area contributed by atoms with Crippen LogP contribution in [0.15, 0.2) is 24.3 Å². The normalized spacial score (nSPS) is 29.9. The van der Waals surface area contributed by atoms with E-state index >= 15 is 0 Å². The molecule has 132 valence electrons. The first-order valence-corrected chi connectivity index (χ1v) is 9.25. The highest BCUT2D eigenvalue weighted by molar-refractivity contribution is 5.79. The minimum Gasteiger partial charge on any atom is -0.359 e. The van der Waals surface area contributed by atoms with Crippen LogP contribution >= 0.6 is 0 Å². The zero-order valence-corrected chi connectivity index (χ0v) is 14.9. The van der Waals surface area contributed by atoms with Crippen molar-refractivity contribution in [2.24, 2.45) is 11.8 Å². The molecule has 0 radical (unpaired) electrons. The first-order chi connectivity index (χ1) is 11.5. The number of hydrogen-bond donors (Lipinski definition) is 0. The lowest BCUT2D eigenvalue weighted by Crippen LogP contribution is -2.48. The van der Waals surface area contributed by atoms with E-state index in [0.29, 0.717) is 6.54 Å². The Morgan fingerprint density at radius 3 is 2.62 bits per heavy atom. The first kappa shape index (κ1) is 17.4. The number of amides is 1. The van der Waals surface area contributed by atoms with Gasteiger partial charge in [0, 0.05) is 18.4 Å². The second-order valence-corrected chi connectivity index (χ2v) is 7.30. The number of benzene rings is 1. The van der Waals surface area contributed by atoms with Gasteiger partial charge in [-0.15, -0.1) is 0 Å². The highest BCUT2D eigenvalue weighted by Gasteiger charge is 2.64. The molecule has 2 aliphatic rings. The molecular weight excluding hydrogens is 305 g/mol. The third kappa shape index (κ3) is 2.97. The monoisotopic (exact) mass is 333 g/mol. The standard InChI is InChI=1S/C20H28FNO2/c1-4-6-7-15(5-2)19(23)22-12-14(3)20(18(13-22)24-20)16-8-10-17(21)11-9-16/h8-11,14-15,18H,4-7,12-13H2,1-3H3. The third-order valence-corrected chi connectivity index (χ3v) is 5.73. The van der Waals surface area contributed by atoms with Gasteiger partial charge in [-0.05, 0) is 30.5 Å². The van der Waals surface area contributed by atoms with Gasteiger partial charge in [-0.3, -0.25) is 4.79 Å². The van der Waals surface area contributed by atoms with Gasteiger partial charge in [0.25, 0.3) is 0 Å². The summed E-state index contributed by atoms with van der Waals surface area (Å²) in [7, 11) is 0. The largest absolute Gasteiger partial charge is 0.359 e. The number of piperidine rings is 1. The molecule has 2 saturated heterocycles. The van der Waals surface area contributed by atoms with Crippen LogP contribution in [0.5, 0.6) is 0 Å². The summed E-state index contributed by atoms with van der Waals surface area (Å²) in [6.45, 7) is 7.77. The topological polar surface area (TPSA) is 32.8 Å². The summed E-state index contributed by atoms with van der Waals surface area (Å²) >= 11 is 0. The Labute approximate surface area is 144 Å². The van der Waals surface area contributed by atoms with Crippen LogP contribution in [0.1, 0.15) is 52.0 Å². The van der Waals surface area contributed by atoms with Crippen molar-refractivity contribution in [1.29, 1.82) is 0 Å². The molecule has 1 amide bonds. The second kappa shape index (κ2) is 6.83. The smallest absolute Gasteiger partial charge is 0.225 e. The molecular formula is C20H28FNO2. The SMILES string of the molecule is CCCCC(CC)C(=O)N1CC(C)C2(c3ccc(F)cc3)OC2C1. The summed E-state index contributed by atoms with van der Waals surface area (Å²) in [4.78, 5) is 14.8. The molecule has 2 aliphatic heterocycles. The molecule has 1 aromatic rings. The van der Waals surface area contributed by atoms with Gasteiger partial charge in [0.05, 0.1) is 6.54 Å². The second-order valence-electron chi connectivity index (χ2n) is 7.30. The van der Waals surface area contributed by atoms with Crippen LogP contribution in [0.25, 0.3) is 0 Å². The van der Waals surface area contributed by atoms with Crippen molar-refractivity contribution in [2.45, 2.75) is 58.2 Å². The lowest BCUT2D eigenvalue weighted by atomic mass is 9.80. The van der Waals surface area contributed by atoms with Crippen molar-refractivity contribution in [1.82, 2.24) is 4.90 Å². The van der Waals surface area contributed by atoms with E-state index < -0.39 is 0 Å². The summed E-state index contributed by atoms with van der Waals surface area (Å²) in [5, 5.41) is 0. The number of carbonyl (C=O) groups excluding carboxylic acids is 1. The molecule has 0 aromatic heterocycles. The van der Waals surface area contributed by atoms with Crippen LogP contribution < -0.4 is 0 Å².